The molecule has 0 amide bonds. The lowest BCUT2D eigenvalue weighted by molar-refractivity contribution is 0.582. The molecule has 0 radical (unpaired) electrons. The number of rotatable bonds is 3. The summed E-state index contributed by atoms with van der Waals surface area (Å²) in [6.07, 6.45) is 6.64. The van der Waals surface area contributed by atoms with E-state index in [4.69, 9.17) is 0 Å². The van der Waals surface area contributed by atoms with Crippen molar-refractivity contribution in [2.45, 2.75) is 50.9 Å². The normalized spacial score (nSPS) is 19.9. The predicted molar refractivity (Wildman–Crippen MR) is 185 cm³/mol. The van der Waals surface area contributed by atoms with Gasteiger partial charge in [0, 0.05) is 16.2 Å². The van der Waals surface area contributed by atoms with Crippen molar-refractivity contribution in [1.29, 1.82) is 0 Å². The number of anilines is 3. The summed E-state index contributed by atoms with van der Waals surface area (Å²) in [5.41, 5.74) is 18.5. The van der Waals surface area contributed by atoms with Crippen LogP contribution in [-0.2, 0) is 16.2 Å². The number of nitrogens with zero attached hydrogens (tertiary/aromatic N) is 1. The van der Waals surface area contributed by atoms with E-state index in [1.54, 1.807) is 0 Å². The minimum atomic E-state index is -0.209. The number of hydrogen-bond donors (Lipinski definition) is 0. The van der Waals surface area contributed by atoms with Gasteiger partial charge in [-0.05, 0) is 99.5 Å². The van der Waals surface area contributed by atoms with Crippen LogP contribution in [0.25, 0.3) is 22.3 Å². The van der Waals surface area contributed by atoms with E-state index in [0.717, 1.165) is 0 Å². The summed E-state index contributed by atoms with van der Waals surface area (Å²) in [7, 11) is 0. The van der Waals surface area contributed by atoms with Gasteiger partial charge in [0.15, 0.2) is 0 Å². The van der Waals surface area contributed by atoms with Crippen LogP contribution in [0.15, 0.2) is 145 Å². The molecule has 8 rings (SSSR count). The maximum Gasteiger partial charge on any atom is 0.0505 e. The molecule has 1 nitrogen and oxygen atoms in total. The van der Waals surface area contributed by atoms with Crippen molar-refractivity contribution in [3.8, 4) is 22.3 Å². The zero-order valence-electron chi connectivity index (χ0n) is 26.1. The predicted octanol–water partition coefficient (Wildman–Crippen LogP) is 11.3. The molecule has 2 aliphatic carbocycles. The highest BCUT2D eigenvalue weighted by Crippen LogP contribution is 2.61. The van der Waals surface area contributed by atoms with E-state index in [1.807, 2.05) is 0 Å². The highest BCUT2D eigenvalue weighted by Gasteiger charge is 2.51. The second kappa shape index (κ2) is 9.33. The average molecular weight is 568 g/mol. The summed E-state index contributed by atoms with van der Waals surface area (Å²) < 4.78 is 0. The van der Waals surface area contributed by atoms with Crippen LogP contribution in [0.4, 0.5) is 17.1 Å². The third kappa shape index (κ3) is 3.66. The van der Waals surface area contributed by atoms with Crippen molar-refractivity contribution in [2.75, 3.05) is 4.90 Å². The van der Waals surface area contributed by atoms with Gasteiger partial charge in [-0.25, -0.2) is 0 Å². The first-order valence-corrected chi connectivity index (χ1v) is 15.7. The van der Waals surface area contributed by atoms with Crippen molar-refractivity contribution in [3.05, 3.63) is 167 Å². The van der Waals surface area contributed by atoms with Gasteiger partial charge in [-0.2, -0.15) is 0 Å². The summed E-state index contributed by atoms with van der Waals surface area (Å²) >= 11 is 0. The molecule has 0 bridgehead atoms. The van der Waals surface area contributed by atoms with Gasteiger partial charge < -0.3 is 4.90 Å². The molecular formula is C43H37N. The third-order valence-corrected chi connectivity index (χ3v) is 10.5. The molecule has 1 heteroatoms. The Balaban J connectivity index is 1.42. The van der Waals surface area contributed by atoms with Crippen LogP contribution in [0.5, 0.6) is 0 Å². The molecule has 5 aromatic carbocycles. The zero-order chi connectivity index (χ0) is 30.3. The van der Waals surface area contributed by atoms with Crippen molar-refractivity contribution >= 4 is 17.1 Å². The van der Waals surface area contributed by atoms with Crippen LogP contribution < -0.4 is 4.90 Å². The topological polar surface area (TPSA) is 3.24 Å². The minimum absolute atomic E-state index is 0.142. The fourth-order valence-electron chi connectivity index (χ4n) is 8.25. The molecule has 5 aromatic rings. The molecular weight excluding hydrogens is 530 g/mol. The molecule has 1 unspecified atom stereocenters. The fourth-order valence-corrected chi connectivity index (χ4v) is 8.25. The lowest BCUT2D eigenvalue weighted by Gasteiger charge is -2.44. The molecule has 0 saturated heterocycles. The van der Waals surface area contributed by atoms with Gasteiger partial charge in [0.1, 0.15) is 0 Å². The molecule has 0 saturated carbocycles. The first-order chi connectivity index (χ1) is 21.2. The van der Waals surface area contributed by atoms with E-state index < -0.39 is 0 Å². The van der Waals surface area contributed by atoms with Gasteiger partial charge in [-0.3, -0.25) is 0 Å². The molecule has 0 spiro atoms. The molecule has 44 heavy (non-hydrogen) atoms. The second-order valence-corrected chi connectivity index (χ2v) is 13.7. The van der Waals surface area contributed by atoms with Crippen molar-refractivity contribution in [2.24, 2.45) is 0 Å². The molecule has 0 N–H and O–H groups in total. The maximum absolute atomic E-state index is 3.42. The molecule has 214 valence electrons. The lowest BCUT2D eigenvalue weighted by Crippen LogP contribution is -2.32. The van der Waals surface area contributed by atoms with Crippen LogP contribution in [0.1, 0.15) is 56.9 Å². The van der Waals surface area contributed by atoms with E-state index in [9.17, 15) is 0 Å². The summed E-state index contributed by atoms with van der Waals surface area (Å²) in [5.74, 6) is 0. The Morgan fingerprint density at radius 1 is 0.500 bits per heavy atom. The standard InChI is InChI=1S/C43H37N/c1-41(2)34-27-31(29-15-8-6-9-16-29)22-24-36(34)44(37-25-23-32(28-35(37)41)30-17-10-7-11-18-30)38-20-14-19-33-40(38)42(3,4)39-21-12-13-26-43(33,39)5/h6-12,14-28H,1-5H3. The number of benzene rings is 5. The monoisotopic (exact) mass is 567 g/mol. The quantitative estimate of drug-likeness (QED) is 0.196. The van der Waals surface area contributed by atoms with Crippen LogP contribution in [0, 0.1) is 0 Å². The smallest absolute Gasteiger partial charge is 0.0505 e. The summed E-state index contributed by atoms with van der Waals surface area (Å²) in [6, 6.07) is 42.6. The maximum atomic E-state index is 3.42. The lowest BCUT2D eigenvalue weighted by atomic mass is 9.71. The highest BCUT2D eigenvalue weighted by atomic mass is 15.2. The average Bonchev–Trinajstić information content (AvgIpc) is 3.24. The molecule has 3 aliphatic rings. The Kier molecular flexibility index (Phi) is 5.67. The Hall–Kier alpha value is -4.84. The van der Waals surface area contributed by atoms with E-state index in [1.165, 1.54) is 67.1 Å². The third-order valence-electron chi connectivity index (χ3n) is 10.5. The molecule has 1 aliphatic heterocycles. The Morgan fingerprint density at radius 2 is 1.07 bits per heavy atom. The summed E-state index contributed by atoms with van der Waals surface area (Å²) in [6.45, 7) is 11.9. The van der Waals surface area contributed by atoms with E-state index >= 15 is 0 Å². The van der Waals surface area contributed by atoms with Crippen molar-refractivity contribution in [1.82, 2.24) is 0 Å². The summed E-state index contributed by atoms with van der Waals surface area (Å²) in [4.78, 5) is 2.55. The van der Waals surface area contributed by atoms with Gasteiger partial charge in [0.25, 0.3) is 0 Å². The Morgan fingerprint density at radius 3 is 1.64 bits per heavy atom. The Bertz CT molecular complexity index is 1960. The first-order valence-electron chi connectivity index (χ1n) is 15.7. The molecule has 0 fully saturated rings. The van der Waals surface area contributed by atoms with Crippen LogP contribution in [-0.4, -0.2) is 0 Å². The van der Waals surface area contributed by atoms with Crippen LogP contribution >= 0.6 is 0 Å². The SMILES string of the molecule is CC1(C)C2=CC=C=CC2(C)c2cccc(N3c4ccc(-c5ccccc5)cc4C(C)(C)c4cc(-c5ccccc5)ccc43)c21. The van der Waals surface area contributed by atoms with Crippen LogP contribution in [0.2, 0.25) is 0 Å². The van der Waals surface area contributed by atoms with Gasteiger partial charge in [0.05, 0.1) is 17.1 Å². The largest absolute Gasteiger partial charge is 0.310 e. The number of fused-ring (bicyclic) bond motifs is 5. The second-order valence-electron chi connectivity index (χ2n) is 13.7. The van der Waals surface area contributed by atoms with Crippen molar-refractivity contribution in [3.63, 3.8) is 0 Å². The number of allylic oxidation sites excluding steroid dienone is 3. The molecule has 0 aromatic heterocycles. The van der Waals surface area contributed by atoms with Gasteiger partial charge in [0.2, 0.25) is 0 Å². The Labute approximate surface area is 261 Å². The van der Waals surface area contributed by atoms with Gasteiger partial charge in [-0.1, -0.05) is 119 Å². The minimum Gasteiger partial charge on any atom is -0.310 e. The van der Waals surface area contributed by atoms with E-state index in [0.29, 0.717) is 0 Å². The summed E-state index contributed by atoms with van der Waals surface area (Å²) in [5, 5.41) is 0. The van der Waals surface area contributed by atoms with Crippen LogP contribution in [0.3, 0.4) is 0 Å². The fraction of sp³-hybridized carbons (Fsp3) is 0.186. The highest BCUT2D eigenvalue weighted by molar-refractivity contribution is 5.91. The van der Waals surface area contributed by atoms with Gasteiger partial charge >= 0.3 is 0 Å². The molecule has 1 atom stereocenters. The van der Waals surface area contributed by atoms with Gasteiger partial charge in [-0.15, -0.1) is 5.73 Å². The van der Waals surface area contributed by atoms with Crippen molar-refractivity contribution < 1.29 is 0 Å². The molecule has 1 heterocycles. The van der Waals surface area contributed by atoms with E-state index in [2.05, 4.69) is 179 Å². The first kappa shape index (κ1) is 26.8. The van der Waals surface area contributed by atoms with E-state index in [-0.39, 0.29) is 16.2 Å². The zero-order valence-corrected chi connectivity index (χ0v) is 26.1. The number of hydrogen-bond acceptors (Lipinski definition) is 1.